The Labute approximate surface area is 236 Å². The van der Waals surface area contributed by atoms with Gasteiger partial charge in [-0.25, -0.2) is 0 Å². The topological polar surface area (TPSA) is 106 Å². The van der Waals surface area contributed by atoms with Crippen LogP contribution in [0.25, 0.3) is 0 Å². The second kappa shape index (κ2) is 13.5. The first-order chi connectivity index (χ1) is 18.9. The van der Waals surface area contributed by atoms with Crippen molar-refractivity contribution in [2.24, 2.45) is 0 Å². The first-order valence-electron chi connectivity index (χ1n) is 12.4. The highest BCUT2D eigenvalue weighted by Gasteiger charge is 2.34. The summed E-state index contributed by atoms with van der Waals surface area (Å²) in [5, 5.41) is 7.87. The van der Waals surface area contributed by atoms with Gasteiger partial charge < -0.3 is 24.8 Å². The monoisotopic (exact) mass is 571 g/mol. The molecule has 0 unspecified atom stereocenters. The van der Waals surface area contributed by atoms with Crippen molar-refractivity contribution in [1.29, 1.82) is 0 Å². The van der Waals surface area contributed by atoms with Gasteiger partial charge in [-0.1, -0.05) is 23.7 Å². The lowest BCUT2D eigenvalue weighted by Gasteiger charge is -2.32. The van der Waals surface area contributed by atoms with Crippen molar-refractivity contribution in [1.82, 2.24) is 10.6 Å². The Balaban J connectivity index is 1.70. The summed E-state index contributed by atoms with van der Waals surface area (Å²) < 4.78 is 16.5. The van der Waals surface area contributed by atoms with E-state index in [1.165, 1.54) is 30.5 Å². The van der Waals surface area contributed by atoms with Crippen molar-refractivity contribution >= 4 is 46.3 Å². The highest BCUT2D eigenvalue weighted by atomic mass is 35.5. The summed E-state index contributed by atoms with van der Waals surface area (Å²) in [7, 11) is 3.01. The third-order valence-corrected chi connectivity index (χ3v) is 7.40. The number of methoxy groups -OCH3 is 2. The van der Waals surface area contributed by atoms with Gasteiger partial charge in [-0.3, -0.25) is 19.3 Å². The summed E-state index contributed by atoms with van der Waals surface area (Å²) in [5.41, 5.74) is 0.923. The Morgan fingerprint density at radius 3 is 2.49 bits per heavy atom. The van der Waals surface area contributed by atoms with E-state index in [2.05, 4.69) is 10.6 Å². The van der Waals surface area contributed by atoms with Gasteiger partial charge in [-0.15, -0.1) is 11.3 Å². The highest BCUT2D eigenvalue weighted by molar-refractivity contribution is 7.12. The summed E-state index contributed by atoms with van der Waals surface area (Å²) in [6.45, 7) is 0.627. The number of benzene rings is 2. The van der Waals surface area contributed by atoms with Crippen LogP contribution in [-0.2, 0) is 14.3 Å². The molecule has 9 nitrogen and oxygen atoms in total. The van der Waals surface area contributed by atoms with Crippen LogP contribution in [0.1, 0.15) is 34.1 Å². The van der Waals surface area contributed by atoms with Crippen molar-refractivity contribution in [3.63, 3.8) is 0 Å². The third kappa shape index (κ3) is 7.08. The molecule has 1 aliphatic rings. The van der Waals surface area contributed by atoms with Gasteiger partial charge >= 0.3 is 0 Å². The number of rotatable bonds is 11. The third-order valence-electron chi connectivity index (χ3n) is 6.28. The molecule has 1 saturated heterocycles. The molecular formula is C28H30ClN3O6S. The Hall–Kier alpha value is -3.60. The molecule has 3 amide bonds. The fourth-order valence-corrected chi connectivity index (χ4v) is 5.10. The molecule has 0 radical (unpaired) electrons. The number of hydrogen-bond acceptors (Lipinski definition) is 7. The minimum absolute atomic E-state index is 0.0928. The van der Waals surface area contributed by atoms with Crippen molar-refractivity contribution in [3.05, 3.63) is 75.4 Å². The van der Waals surface area contributed by atoms with E-state index in [4.69, 9.17) is 25.8 Å². The fourth-order valence-electron chi connectivity index (χ4n) is 4.33. The minimum Gasteiger partial charge on any atom is -0.493 e. The maximum Gasteiger partial charge on any atom is 0.261 e. The number of amides is 3. The van der Waals surface area contributed by atoms with Crippen molar-refractivity contribution in [2.45, 2.75) is 25.0 Å². The predicted octanol–water partition coefficient (Wildman–Crippen LogP) is 4.22. The van der Waals surface area contributed by atoms with E-state index in [0.717, 1.165) is 12.8 Å². The zero-order chi connectivity index (χ0) is 27.8. The minimum atomic E-state index is -1.10. The standard InChI is InChI=1S/C28H30ClN3O6S/c1-36-22-12-7-18(15-23(22)37-2)26(28(35)30-16-21-5-3-13-38-21)32(20-10-8-19(29)9-11-20)25(33)17-31-27(34)24-6-4-14-39-24/h4,6-12,14-15,21,26H,3,5,13,16-17H2,1-2H3,(H,30,35)(H,31,34)/t21-,26+/m1/s1. The summed E-state index contributed by atoms with van der Waals surface area (Å²) in [5.74, 6) is -0.395. The van der Waals surface area contributed by atoms with Crippen LogP contribution >= 0.6 is 22.9 Å². The van der Waals surface area contributed by atoms with E-state index in [1.54, 1.807) is 60.0 Å². The van der Waals surface area contributed by atoms with Gasteiger partial charge in [0.25, 0.3) is 5.91 Å². The van der Waals surface area contributed by atoms with Gasteiger partial charge in [0.2, 0.25) is 11.8 Å². The van der Waals surface area contributed by atoms with E-state index in [9.17, 15) is 14.4 Å². The first kappa shape index (κ1) is 28.4. The fraction of sp³-hybridized carbons (Fsp3) is 0.321. The van der Waals surface area contributed by atoms with E-state index in [0.29, 0.717) is 45.8 Å². The lowest BCUT2D eigenvalue weighted by Crippen LogP contribution is -2.48. The number of nitrogens with one attached hydrogen (secondary N) is 2. The molecule has 1 aliphatic heterocycles. The Morgan fingerprint density at radius 1 is 1.08 bits per heavy atom. The maximum absolute atomic E-state index is 13.8. The zero-order valence-corrected chi connectivity index (χ0v) is 23.2. The number of ether oxygens (including phenoxy) is 3. The number of carbonyl (C=O) groups is 3. The van der Waals surface area contributed by atoms with Gasteiger partial charge in [0.15, 0.2) is 11.5 Å². The molecule has 0 saturated carbocycles. The Morgan fingerprint density at radius 2 is 1.85 bits per heavy atom. The molecular weight excluding hydrogens is 542 g/mol. The van der Waals surface area contributed by atoms with Crippen LogP contribution in [0.15, 0.2) is 60.0 Å². The van der Waals surface area contributed by atoms with Crippen molar-refractivity contribution in [3.8, 4) is 11.5 Å². The van der Waals surface area contributed by atoms with Crippen LogP contribution in [0, 0.1) is 0 Å². The largest absolute Gasteiger partial charge is 0.493 e. The predicted molar refractivity (Wildman–Crippen MR) is 150 cm³/mol. The number of carbonyl (C=O) groups excluding carboxylic acids is 3. The van der Waals surface area contributed by atoms with E-state index in [1.807, 2.05) is 0 Å². The van der Waals surface area contributed by atoms with Gasteiger partial charge in [-0.05, 0) is 66.2 Å². The molecule has 11 heteroatoms. The van der Waals surface area contributed by atoms with Crippen LogP contribution in [-0.4, -0.2) is 57.7 Å². The smallest absolute Gasteiger partial charge is 0.261 e. The zero-order valence-electron chi connectivity index (χ0n) is 21.6. The molecule has 2 aromatic carbocycles. The molecule has 0 aliphatic carbocycles. The molecule has 2 heterocycles. The lowest BCUT2D eigenvalue weighted by molar-refractivity contribution is -0.126. The Kier molecular flexibility index (Phi) is 9.80. The van der Waals surface area contributed by atoms with Gasteiger partial charge in [0.1, 0.15) is 6.04 Å². The number of thiophene rings is 1. The average Bonchev–Trinajstić information content (AvgIpc) is 3.68. The molecule has 2 N–H and O–H groups in total. The number of anilines is 1. The molecule has 1 aromatic heterocycles. The molecule has 206 valence electrons. The molecule has 39 heavy (non-hydrogen) atoms. The van der Waals surface area contributed by atoms with Gasteiger partial charge in [-0.2, -0.15) is 0 Å². The first-order valence-corrected chi connectivity index (χ1v) is 13.7. The van der Waals surface area contributed by atoms with Crippen LogP contribution in [0.5, 0.6) is 11.5 Å². The maximum atomic E-state index is 13.8. The van der Waals surface area contributed by atoms with E-state index >= 15 is 0 Å². The molecule has 1 fully saturated rings. The second-order valence-corrected chi connectivity index (χ2v) is 10.2. The van der Waals surface area contributed by atoms with Crippen LogP contribution in [0.2, 0.25) is 5.02 Å². The molecule has 4 rings (SSSR count). The van der Waals surface area contributed by atoms with Crippen LogP contribution < -0.4 is 25.0 Å². The molecule has 3 aromatic rings. The number of nitrogens with zero attached hydrogens (tertiary/aromatic N) is 1. The molecule has 0 spiro atoms. The van der Waals surface area contributed by atoms with Crippen molar-refractivity contribution in [2.75, 3.05) is 38.8 Å². The van der Waals surface area contributed by atoms with Crippen LogP contribution in [0.4, 0.5) is 5.69 Å². The van der Waals surface area contributed by atoms with E-state index in [-0.39, 0.29) is 18.6 Å². The number of halogens is 1. The Bertz CT molecular complexity index is 1280. The summed E-state index contributed by atoms with van der Waals surface area (Å²) >= 11 is 7.40. The molecule has 0 bridgehead atoms. The number of hydrogen-bond donors (Lipinski definition) is 2. The second-order valence-electron chi connectivity index (χ2n) is 8.80. The normalized spacial score (nSPS) is 15.3. The summed E-state index contributed by atoms with van der Waals surface area (Å²) in [6.07, 6.45) is 1.68. The lowest BCUT2D eigenvalue weighted by atomic mass is 10.0. The van der Waals surface area contributed by atoms with Gasteiger partial charge in [0.05, 0.1) is 31.7 Å². The SMILES string of the molecule is COc1ccc([C@@H](C(=O)NC[C@H]2CCCO2)N(C(=O)CNC(=O)c2cccs2)c2ccc(Cl)cc2)cc1OC. The van der Waals surface area contributed by atoms with Crippen LogP contribution in [0.3, 0.4) is 0 Å². The van der Waals surface area contributed by atoms with Gasteiger partial charge in [0, 0.05) is 23.9 Å². The summed E-state index contributed by atoms with van der Waals surface area (Å²) in [6, 6.07) is 14.0. The highest BCUT2D eigenvalue weighted by Crippen LogP contribution is 2.35. The van der Waals surface area contributed by atoms with E-state index < -0.39 is 17.9 Å². The quantitative estimate of drug-likeness (QED) is 0.357. The van der Waals surface area contributed by atoms with Crippen molar-refractivity contribution < 1.29 is 28.6 Å². The molecule has 2 atom stereocenters. The summed E-state index contributed by atoms with van der Waals surface area (Å²) in [4.78, 5) is 42.0. The average molecular weight is 572 g/mol.